The fourth-order valence-electron chi connectivity index (χ4n) is 1.66. The van der Waals surface area contributed by atoms with Crippen LogP contribution < -0.4 is 16.2 Å². The van der Waals surface area contributed by atoms with Crippen molar-refractivity contribution < 1.29 is 0 Å². The molecule has 0 amide bonds. The number of anilines is 3. The van der Waals surface area contributed by atoms with Gasteiger partial charge in [-0.3, -0.25) is 0 Å². The molecule has 0 aliphatic carbocycles. The van der Waals surface area contributed by atoms with Crippen LogP contribution >= 0.6 is 0 Å². The summed E-state index contributed by atoms with van der Waals surface area (Å²) in [5, 5.41) is 0. The number of hydrogen-bond acceptors (Lipinski definition) is 5. The summed E-state index contributed by atoms with van der Waals surface area (Å²) in [7, 11) is 0. The number of nitrogens with two attached hydrogens (primary N) is 1. The summed E-state index contributed by atoms with van der Waals surface area (Å²) in [6.07, 6.45) is 1.50. The predicted molar refractivity (Wildman–Crippen MR) is 69.0 cm³/mol. The standard InChI is InChI=1S/C12H15N5/c1-2-17(10-6-4-3-5-7-10)12-8-11(16-13)14-9-15-12/h3-9H,2,13H2,1H3,(H,14,15,16). The molecule has 1 aromatic heterocycles. The number of aromatic nitrogens is 2. The van der Waals surface area contributed by atoms with Crippen LogP contribution in [-0.4, -0.2) is 16.5 Å². The Hall–Kier alpha value is -2.14. The van der Waals surface area contributed by atoms with Gasteiger partial charge in [-0.1, -0.05) is 18.2 Å². The molecule has 1 aromatic carbocycles. The van der Waals surface area contributed by atoms with Crippen LogP contribution in [0.1, 0.15) is 6.92 Å². The summed E-state index contributed by atoms with van der Waals surface area (Å²) < 4.78 is 0. The number of nitrogens with one attached hydrogen (secondary N) is 1. The minimum atomic E-state index is 0.601. The minimum Gasteiger partial charge on any atom is -0.327 e. The van der Waals surface area contributed by atoms with E-state index in [-0.39, 0.29) is 0 Å². The van der Waals surface area contributed by atoms with Crippen molar-refractivity contribution in [2.75, 3.05) is 16.9 Å². The number of rotatable bonds is 4. The largest absolute Gasteiger partial charge is 0.327 e. The third-order valence-electron chi connectivity index (χ3n) is 2.46. The lowest BCUT2D eigenvalue weighted by Crippen LogP contribution is -2.18. The second-order valence-corrected chi connectivity index (χ2v) is 3.49. The minimum absolute atomic E-state index is 0.601. The molecule has 0 aliphatic rings. The second-order valence-electron chi connectivity index (χ2n) is 3.49. The Morgan fingerprint density at radius 2 is 2.00 bits per heavy atom. The van der Waals surface area contributed by atoms with E-state index in [2.05, 4.69) is 27.2 Å². The fourth-order valence-corrected chi connectivity index (χ4v) is 1.66. The smallest absolute Gasteiger partial charge is 0.145 e. The first-order valence-electron chi connectivity index (χ1n) is 5.46. The SMILES string of the molecule is CCN(c1ccccc1)c1cc(NN)ncn1. The van der Waals surface area contributed by atoms with Gasteiger partial charge in [0.15, 0.2) is 0 Å². The second kappa shape index (κ2) is 5.27. The zero-order valence-corrected chi connectivity index (χ0v) is 9.67. The number of para-hydroxylation sites is 1. The van der Waals surface area contributed by atoms with E-state index >= 15 is 0 Å². The van der Waals surface area contributed by atoms with E-state index in [0.29, 0.717) is 5.82 Å². The highest BCUT2D eigenvalue weighted by molar-refractivity contribution is 5.61. The van der Waals surface area contributed by atoms with Crippen LogP contribution in [0.5, 0.6) is 0 Å². The van der Waals surface area contributed by atoms with Crippen molar-refractivity contribution in [3.63, 3.8) is 0 Å². The molecule has 0 spiro atoms. The van der Waals surface area contributed by atoms with Gasteiger partial charge in [-0.15, -0.1) is 0 Å². The van der Waals surface area contributed by atoms with E-state index in [9.17, 15) is 0 Å². The molecular formula is C12H15N5. The van der Waals surface area contributed by atoms with Crippen molar-refractivity contribution in [1.29, 1.82) is 0 Å². The van der Waals surface area contributed by atoms with Crippen LogP contribution in [0.4, 0.5) is 17.3 Å². The van der Waals surface area contributed by atoms with E-state index < -0.39 is 0 Å². The topological polar surface area (TPSA) is 67.1 Å². The molecule has 0 saturated heterocycles. The van der Waals surface area contributed by atoms with E-state index in [1.807, 2.05) is 36.4 Å². The summed E-state index contributed by atoms with van der Waals surface area (Å²) in [4.78, 5) is 10.3. The fraction of sp³-hybridized carbons (Fsp3) is 0.167. The van der Waals surface area contributed by atoms with Crippen LogP contribution in [-0.2, 0) is 0 Å². The van der Waals surface area contributed by atoms with E-state index in [1.165, 1.54) is 6.33 Å². The quantitative estimate of drug-likeness (QED) is 0.619. The average molecular weight is 229 g/mol. The molecule has 5 heteroatoms. The van der Waals surface area contributed by atoms with E-state index in [4.69, 9.17) is 5.84 Å². The number of hydrogen-bond donors (Lipinski definition) is 2. The summed E-state index contributed by atoms with van der Waals surface area (Å²) >= 11 is 0. The Morgan fingerprint density at radius 3 is 2.65 bits per heavy atom. The molecule has 0 radical (unpaired) electrons. The molecule has 17 heavy (non-hydrogen) atoms. The highest BCUT2D eigenvalue weighted by Crippen LogP contribution is 2.23. The molecule has 88 valence electrons. The maximum absolute atomic E-state index is 5.34. The zero-order valence-electron chi connectivity index (χ0n) is 9.67. The van der Waals surface area contributed by atoms with Crippen LogP contribution in [0.2, 0.25) is 0 Å². The molecule has 0 unspecified atom stereocenters. The normalized spacial score (nSPS) is 10.0. The van der Waals surface area contributed by atoms with Gasteiger partial charge >= 0.3 is 0 Å². The van der Waals surface area contributed by atoms with E-state index in [1.54, 1.807) is 0 Å². The van der Waals surface area contributed by atoms with Gasteiger partial charge in [-0.25, -0.2) is 15.8 Å². The molecule has 0 bridgehead atoms. The van der Waals surface area contributed by atoms with Gasteiger partial charge in [0.2, 0.25) is 0 Å². The van der Waals surface area contributed by atoms with Gasteiger partial charge in [-0.05, 0) is 19.1 Å². The van der Waals surface area contributed by atoms with Crippen molar-refractivity contribution in [1.82, 2.24) is 9.97 Å². The molecule has 2 rings (SSSR count). The summed E-state index contributed by atoms with van der Waals surface area (Å²) in [5.41, 5.74) is 3.61. The van der Waals surface area contributed by atoms with Crippen LogP contribution in [0, 0.1) is 0 Å². The van der Waals surface area contributed by atoms with Gasteiger partial charge < -0.3 is 10.3 Å². The number of hydrazine groups is 1. The van der Waals surface area contributed by atoms with Gasteiger partial charge in [0.05, 0.1) is 0 Å². The lowest BCUT2D eigenvalue weighted by atomic mass is 10.3. The Morgan fingerprint density at radius 1 is 1.24 bits per heavy atom. The molecule has 0 saturated carbocycles. The average Bonchev–Trinajstić information content (AvgIpc) is 2.41. The van der Waals surface area contributed by atoms with Crippen molar-refractivity contribution >= 4 is 17.3 Å². The molecule has 5 nitrogen and oxygen atoms in total. The Balaban J connectivity index is 2.35. The Kier molecular flexibility index (Phi) is 3.52. The van der Waals surface area contributed by atoms with Crippen molar-refractivity contribution in [3.8, 4) is 0 Å². The van der Waals surface area contributed by atoms with Gasteiger partial charge in [-0.2, -0.15) is 0 Å². The Labute approximate surface area is 100 Å². The van der Waals surface area contributed by atoms with Crippen LogP contribution in [0.15, 0.2) is 42.7 Å². The summed E-state index contributed by atoms with van der Waals surface area (Å²) in [6.45, 7) is 2.90. The highest BCUT2D eigenvalue weighted by Gasteiger charge is 2.08. The molecule has 2 aromatic rings. The van der Waals surface area contributed by atoms with E-state index in [0.717, 1.165) is 18.1 Å². The van der Waals surface area contributed by atoms with Crippen LogP contribution in [0.3, 0.4) is 0 Å². The number of benzene rings is 1. The van der Waals surface area contributed by atoms with Gasteiger partial charge in [0.25, 0.3) is 0 Å². The molecule has 0 aliphatic heterocycles. The highest BCUT2D eigenvalue weighted by atomic mass is 15.3. The molecule has 1 heterocycles. The molecule has 3 N–H and O–H groups in total. The third-order valence-corrected chi connectivity index (χ3v) is 2.46. The number of nitrogens with zero attached hydrogens (tertiary/aromatic N) is 3. The van der Waals surface area contributed by atoms with Crippen molar-refractivity contribution in [2.45, 2.75) is 6.92 Å². The number of nitrogen functional groups attached to an aromatic ring is 1. The predicted octanol–water partition coefficient (Wildman–Crippen LogP) is 1.92. The summed E-state index contributed by atoms with van der Waals surface area (Å²) in [5.74, 6) is 6.76. The Bertz CT molecular complexity index is 471. The lowest BCUT2D eigenvalue weighted by molar-refractivity contribution is 0.975. The van der Waals surface area contributed by atoms with Gasteiger partial charge in [0.1, 0.15) is 18.0 Å². The van der Waals surface area contributed by atoms with Crippen molar-refractivity contribution in [2.24, 2.45) is 5.84 Å². The summed E-state index contributed by atoms with van der Waals surface area (Å²) in [6, 6.07) is 11.9. The first-order valence-corrected chi connectivity index (χ1v) is 5.46. The van der Waals surface area contributed by atoms with Crippen molar-refractivity contribution in [3.05, 3.63) is 42.7 Å². The first kappa shape index (κ1) is 11.3. The van der Waals surface area contributed by atoms with Crippen LogP contribution in [0.25, 0.3) is 0 Å². The maximum Gasteiger partial charge on any atom is 0.145 e. The monoisotopic (exact) mass is 229 g/mol. The maximum atomic E-state index is 5.34. The van der Waals surface area contributed by atoms with Gasteiger partial charge in [0, 0.05) is 18.3 Å². The molecule has 0 fully saturated rings. The molecule has 0 atom stereocenters. The first-order chi connectivity index (χ1) is 8.35. The molecular weight excluding hydrogens is 214 g/mol. The third kappa shape index (κ3) is 2.51. The lowest BCUT2D eigenvalue weighted by Gasteiger charge is -2.22. The zero-order chi connectivity index (χ0) is 12.1.